The third kappa shape index (κ3) is 1.92. The molecule has 3 heteroatoms. The SMILES string of the molecule is C1C[C@@H](NC2CCOC2)CN1. The summed E-state index contributed by atoms with van der Waals surface area (Å²) in [7, 11) is 0. The van der Waals surface area contributed by atoms with Crippen molar-refractivity contribution < 1.29 is 4.74 Å². The Bertz CT molecular complexity index is 103. The van der Waals surface area contributed by atoms with Crippen LogP contribution in [0.1, 0.15) is 12.8 Å². The molecule has 0 spiro atoms. The van der Waals surface area contributed by atoms with Crippen molar-refractivity contribution in [1.82, 2.24) is 10.6 Å². The molecule has 2 aliphatic heterocycles. The summed E-state index contributed by atoms with van der Waals surface area (Å²) in [6, 6.07) is 1.32. The van der Waals surface area contributed by atoms with Gasteiger partial charge >= 0.3 is 0 Å². The van der Waals surface area contributed by atoms with Crippen LogP contribution in [-0.2, 0) is 4.74 Å². The largest absolute Gasteiger partial charge is 0.380 e. The lowest BCUT2D eigenvalue weighted by Crippen LogP contribution is -2.39. The second-order valence-electron chi connectivity index (χ2n) is 3.42. The van der Waals surface area contributed by atoms with Crippen LogP contribution in [0.5, 0.6) is 0 Å². The minimum atomic E-state index is 0.625. The molecule has 0 aliphatic carbocycles. The van der Waals surface area contributed by atoms with E-state index in [1.807, 2.05) is 0 Å². The fourth-order valence-corrected chi connectivity index (χ4v) is 1.80. The average Bonchev–Trinajstić information content (AvgIpc) is 2.60. The summed E-state index contributed by atoms with van der Waals surface area (Å²) < 4.78 is 5.28. The van der Waals surface area contributed by atoms with E-state index in [9.17, 15) is 0 Å². The highest BCUT2D eigenvalue weighted by atomic mass is 16.5. The molecule has 11 heavy (non-hydrogen) atoms. The quantitative estimate of drug-likeness (QED) is 0.577. The Morgan fingerprint density at radius 3 is 2.91 bits per heavy atom. The van der Waals surface area contributed by atoms with Gasteiger partial charge in [-0.15, -0.1) is 0 Å². The molecule has 0 saturated carbocycles. The molecular weight excluding hydrogens is 140 g/mol. The fraction of sp³-hybridized carbons (Fsp3) is 1.00. The van der Waals surface area contributed by atoms with E-state index in [0.29, 0.717) is 12.1 Å². The molecule has 2 heterocycles. The van der Waals surface area contributed by atoms with Crippen molar-refractivity contribution in [3.63, 3.8) is 0 Å². The van der Waals surface area contributed by atoms with Gasteiger partial charge in [0.05, 0.1) is 6.61 Å². The summed E-state index contributed by atoms with van der Waals surface area (Å²) in [5, 5.41) is 6.93. The van der Waals surface area contributed by atoms with Crippen LogP contribution in [0.2, 0.25) is 0 Å². The van der Waals surface area contributed by atoms with Gasteiger partial charge < -0.3 is 15.4 Å². The smallest absolute Gasteiger partial charge is 0.0620 e. The first-order valence-corrected chi connectivity index (χ1v) is 4.49. The molecule has 2 atom stereocenters. The van der Waals surface area contributed by atoms with Crippen molar-refractivity contribution in [1.29, 1.82) is 0 Å². The molecule has 0 bridgehead atoms. The lowest BCUT2D eigenvalue weighted by molar-refractivity contribution is 0.188. The van der Waals surface area contributed by atoms with E-state index in [1.54, 1.807) is 0 Å². The molecule has 2 N–H and O–H groups in total. The van der Waals surface area contributed by atoms with E-state index in [0.717, 1.165) is 19.8 Å². The second kappa shape index (κ2) is 3.52. The van der Waals surface area contributed by atoms with E-state index < -0.39 is 0 Å². The number of hydrogen-bond acceptors (Lipinski definition) is 3. The van der Waals surface area contributed by atoms with Gasteiger partial charge in [-0.25, -0.2) is 0 Å². The van der Waals surface area contributed by atoms with E-state index in [4.69, 9.17) is 4.74 Å². The third-order valence-electron chi connectivity index (χ3n) is 2.46. The molecule has 0 radical (unpaired) electrons. The van der Waals surface area contributed by atoms with Gasteiger partial charge in [-0.1, -0.05) is 0 Å². The number of rotatable bonds is 2. The summed E-state index contributed by atoms with van der Waals surface area (Å²) in [6.45, 7) is 4.16. The summed E-state index contributed by atoms with van der Waals surface area (Å²) in [5.74, 6) is 0. The van der Waals surface area contributed by atoms with Gasteiger partial charge in [0.2, 0.25) is 0 Å². The normalized spacial score (nSPS) is 38.2. The predicted molar refractivity (Wildman–Crippen MR) is 43.6 cm³/mol. The van der Waals surface area contributed by atoms with Gasteiger partial charge in [-0.2, -0.15) is 0 Å². The Morgan fingerprint density at radius 2 is 2.27 bits per heavy atom. The molecule has 1 unspecified atom stereocenters. The van der Waals surface area contributed by atoms with Gasteiger partial charge in [-0.3, -0.25) is 0 Å². The topological polar surface area (TPSA) is 33.3 Å². The lowest BCUT2D eigenvalue weighted by Gasteiger charge is -2.15. The zero-order valence-electron chi connectivity index (χ0n) is 6.81. The Kier molecular flexibility index (Phi) is 2.41. The molecule has 64 valence electrons. The maximum atomic E-state index is 5.28. The molecule has 0 amide bonds. The zero-order valence-corrected chi connectivity index (χ0v) is 6.81. The van der Waals surface area contributed by atoms with Gasteiger partial charge in [0.1, 0.15) is 0 Å². The fourth-order valence-electron chi connectivity index (χ4n) is 1.80. The van der Waals surface area contributed by atoms with Crippen LogP contribution in [0.3, 0.4) is 0 Å². The zero-order chi connectivity index (χ0) is 7.52. The van der Waals surface area contributed by atoms with E-state index >= 15 is 0 Å². The van der Waals surface area contributed by atoms with Crippen LogP contribution in [-0.4, -0.2) is 38.4 Å². The van der Waals surface area contributed by atoms with Crippen molar-refractivity contribution in [3.05, 3.63) is 0 Å². The van der Waals surface area contributed by atoms with Gasteiger partial charge in [-0.05, 0) is 19.4 Å². The molecule has 2 fully saturated rings. The maximum absolute atomic E-state index is 5.28. The van der Waals surface area contributed by atoms with E-state index in [-0.39, 0.29) is 0 Å². The molecule has 0 aromatic heterocycles. The average molecular weight is 156 g/mol. The summed E-state index contributed by atoms with van der Waals surface area (Å²) >= 11 is 0. The van der Waals surface area contributed by atoms with Crippen LogP contribution < -0.4 is 10.6 Å². The van der Waals surface area contributed by atoms with Crippen molar-refractivity contribution >= 4 is 0 Å². The Balaban J connectivity index is 1.71. The second-order valence-corrected chi connectivity index (χ2v) is 3.42. The Labute approximate surface area is 67.5 Å². The number of nitrogens with one attached hydrogen (secondary N) is 2. The van der Waals surface area contributed by atoms with Gasteiger partial charge in [0.15, 0.2) is 0 Å². The third-order valence-corrected chi connectivity index (χ3v) is 2.46. The standard InChI is InChI=1S/C8H16N2O/c1-3-9-5-7(1)10-8-2-4-11-6-8/h7-10H,1-6H2/t7-,8?/m1/s1. The minimum absolute atomic E-state index is 0.625. The number of ether oxygens (including phenoxy) is 1. The van der Waals surface area contributed by atoms with E-state index in [2.05, 4.69) is 10.6 Å². The highest BCUT2D eigenvalue weighted by molar-refractivity contribution is 4.82. The lowest BCUT2D eigenvalue weighted by atomic mass is 10.2. The summed E-state index contributed by atoms with van der Waals surface area (Å²) in [4.78, 5) is 0. The number of hydrogen-bond donors (Lipinski definition) is 2. The Morgan fingerprint density at radius 1 is 1.27 bits per heavy atom. The molecule has 2 rings (SSSR count). The first-order valence-electron chi connectivity index (χ1n) is 4.49. The first kappa shape index (κ1) is 7.53. The van der Waals surface area contributed by atoms with Crippen molar-refractivity contribution in [2.45, 2.75) is 24.9 Å². The summed E-state index contributed by atoms with van der Waals surface area (Å²) in [6.07, 6.45) is 2.47. The van der Waals surface area contributed by atoms with Gasteiger partial charge in [0, 0.05) is 25.2 Å². The maximum Gasteiger partial charge on any atom is 0.0620 e. The minimum Gasteiger partial charge on any atom is -0.380 e. The predicted octanol–water partition coefficient (Wildman–Crippen LogP) is -0.273. The van der Waals surface area contributed by atoms with Crippen LogP contribution >= 0.6 is 0 Å². The van der Waals surface area contributed by atoms with E-state index in [1.165, 1.54) is 19.4 Å². The molecule has 0 aromatic rings. The van der Waals surface area contributed by atoms with Crippen LogP contribution in [0.15, 0.2) is 0 Å². The summed E-state index contributed by atoms with van der Waals surface area (Å²) in [5.41, 5.74) is 0. The van der Waals surface area contributed by atoms with Crippen molar-refractivity contribution in [3.8, 4) is 0 Å². The molecule has 2 aliphatic rings. The highest BCUT2D eigenvalue weighted by Gasteiger charge is 2.21. The molecular formula is C8H16N2O. The van der Waals surface area contributed by atoms with Gasteiger partial charge in [0.25, 0.3) is 0 Å². The first-order chi connectivity index (χ1) is 5.45. The molecule has 2 saturated heterocycles. The van der Waals surface area contributed by atoms with Crippen LogP contribution in [0.4, 0.5) is 0 Å². The van der Waals surface area contributed by atoms with Crippen molar-refractivity contribution in [2.75, 3.05) is 26.3 Å². The van der Waals surface area contributed by atoms with Crippen LogP contribution in [0.25, 0.3) is 0 Å². The molecule has 3 nitrogen and oxygen atoms in total. The van der Waals surface area contributed by atoms with Crippen molar-refractivity contribution in [2.24, 2.45) is 0 Å². The monoisotopic (exact) mass is 156 g/mol. The Hall–Kier alpha value is -0.120. The highest BCUT2D eigenvalue weighted by Crippen LogP contribution is 2.06. The van der Waals surface area contributed by atoms with Crippen LogP contribution in [0, 0.1) is 0 Å². The molecule has 0 aromatic carbocycles.